The number of carbonyl (C=O) groups is 2. The molecule has 2 amide bonds. The molecule has 23 heavy (non-hydrogen) atoms. The van der Waals surface area contributed by atoms with E-state index in [9.17, 15) is 9.59 Å². The van der Waals surface area contributed by atoms with E-state index in [4.69, 9.17) is 0 Å². The van der Waals surface area contributed by atoms with E-state index < -0.39 is 0 Å². The lowest BCUT2D eigenvalue weighted by atomic mass is 10.2. The Labute approximate surface area is 135 Å². The van der Waals surface area contributed by atoms with Crippen molar-refractivity contribution in [2.75, 3.05) is 16.8 Å². The zero-order chi connectivity index (χ0) is 16.4. The topological polar surface area (TPSA) is 53.3 Å². The molecule has 118 valence electrons. The van der Waals surface area contributed by atoms with Crippen LogP contribution in [0.25, 0.3) is 0 Å². The number of pyridine rings is 1. The Morgan fingerprint density at radius 1 is 1.26 bits per heavy atom. The summed E-state index contributed by atoms with van der Waals surface area (Å²) >= 11 is 0. The van der Waals surface area contributed by atoms with E-state index in [1.54, 1.807) is 4.90 Å². The second kappa shape index (κ2) is 6.20. The molecule has 5 heteroatoms. The number of rotatable bonds is 3. The minimum atomic E-state index is -0.166. The van der Waals surface area contributed by atoms with Crippen LogP contribution in [0.2, 0.25) is 0 Å². The molecular weight excluding hydrogens is 290 g/mol. The lowest BCUT2D eigenvalue weighted by molar-refractivity contribution is -0.690. The monoisotopic (exact) mass is 310 g/mol. The van der Waals surface area contributed by atoms with Crippen LogP contribution in [-0.4, -0.2) is 18.4 Å². The molecule has 2 heterocycles. The average molecular weight is 310 g/mol. The summed E-state index contributed by atoms with van der Waals surface area (Å²) in [4.78, 5) is 26.2. The van der Waals surface area contributed by atoms with Crippen molar-refractivity contribution in [1.82, 2.24) is 0 Å². The highest BCUT2D eigenvalue weighted by atomic mass is 16.2. The number of hydrogen-bond acceptors (Lipinski definition) is 2. The number of hydrogen-bond donors (Lipinski definition) is 1. The van der Waals surface area contributed by atoms with Gasteiger partial charge in [-0.05, 0) is 24.6 Å². The number of fused-ring (bicyclic) bond motifs is 1. The fraction of sp³-hybridized carbons (Fsp3) is 0.278. The smallest absolute Gasteiger partial charge is 0.293 e. The molecule has 0 bridgehead atoms. The van der Waals surface area contributed by atoms with Crippen LogP contribution in [0.4, 0.5) is 11.4 Å². The first-order valence-electron chi connectivity index (χ1n) is 7.76. The molecular formula is C18H20N3O2+. The summed E-state index contributed by atoms with van der Waals surface area (Å²) in [7, 11) is 0. The molecule has 0 spiro atoms. The number of para-hydroxylation sites is 2. The van der Waals surface area contributed by atoms with Crippen molar-refractivity contribution < 1.29 is 14.2 Å². The lowest BCUT2D eigenvalue weighted by Gasteiger charge is -2.28. The van der Waals surface area contributed by atoms with E-state index in [1.807, 2.05) is 48.0 Å². The minimum absolute atomic E-state index is 0.0585. The summed E-state index contributed by atoms with van der Waals surface area (Å²) in [6.45, 7) is 4.34. The number of aryl methyl sites for hydroxylation is 2. The van der Waals surface area contributed by atoms with E-state index in [2.05, 4.69) is 18.3 Å². The van der Waals surface area contributed by atoms with Crippen molar-refractivity contribution in [3.63, 3.8) is 0 Å². The van der Waals surface area contributed by atoms with Crippen LogP contribution in [0.1, 0.15) is 18.2 Å². The van der Waals surface area contributed by atoms with Crippen LogP contribution in [0.3, 0.4) is 0 Å². The molecule has 1 aromatic carbocycles. The third kappa shape index (κ3) is 3.08. The SMILES string of the molecule is CCc1ccc(C)[n+](CC(=O)N2CC(=O)Nc3ccccc32)c1. The van der Waals surface area contributed by atoms with Gasteiger partial charge in [0, 0.05) is 18.6 Å². The Hall–Kier alpha value is -2.69. The number of nitrogens with zero attached hydrogens (tertiary/aromatic N) is 2. The Balaban J connectivity index is 1.88. The van der Waals surface area contributed by atoms with Crippen LogP contribution in [0.5, 0.6) is 0 Å². The highest BCUT2D eigenvalue weighted by Crippen LogP contribution is 2.28. The number of benzene rings is 1. The van der Waals surface area contributed by atoms with Gasteiger partial charge in [-0.3, -0.25) is 14.5 Å². The Morgan fingerprint density at radius 2 is 2.04 bits per heavy atom. The molecule has 1 N–H and O–H groups in total. The van der Waals surface area contributed by atoms with Crippen LogP contribution in [0.15, 0.2) is 42.6 Å². The van der Waals surface area contributed by atoms with E-state index in [0.717, 1.165) is 17.8 Å². The van der Waals surface area contributed by atoms with Gasteiger partial charge < -0.3 is 5.32 Å². The summed E-state index contributed by atoms with van der Waals surface area (Å²) in [6, 6.07) is 11.5. The van der Waals surface area contributed by atoms with Gasteiger partial charge >= 0.3 is 0 Å². The van der Waals surface area contributed by atoms with Crippen molar-refractivity contribution in [2.24, 2.45) is 0 Å². The molecule has 1 aromatic heterocycles. The molecule has 0 unspecified atom stereocenters. The molecule has 0 fully saturated rings. The molecule has 0 saturated carbocycles. The highest BCUT2D eigenvalue weighted by Gasteiger charge is 2.28. The van der Waals surface area contributed by atoms with Crippen molar-refractivity contribution >= 4 is 23.2 Å². The zero-order valence-electron chi connectivity index (χ0n) is 13.4. The number of anilines is 2. The fourth-order valence-corrected chi connectivity index (χ4v) is 2.73. The predicted molar refractivity (Wildman–Crippen MR) is 88.2 cm³/mol. The maximum Gasteiger partial charge on any atom is 0.293 e. The maximum absolute atomic E-state index is 12.8. The standard InChI is InChI=1S/C18H19N3O2/c1-3-14-9-8-13(2)20(10-14)12-18(23)21-11-17(22)19-15-6-4-5-7-16(15)21/h4-10H,3,11-12H2,1-2H3/p+1. The molecule has 0 aliphatic carbocycles. The minimum Gasteiger partial charge on any atom is -0.323 e. The molecule has 0 saturated heterocycles. The highest BCUT2D eigenvalue weighted by molar-refractivity contribution is 6.09. The first-order valence-corrected chi connectivity index (χ1v) is 7.76. The predicted octanol–water partition coefficient (Wildman–Crippen LogP) is 1.83. The summed E-state index contributed by atoms with van der Waals surface area (Å²) in [5.41, 5.74) is 3.63. The number of amides is 2. The number of nitrogens with one attached hydrogen (secondary N) is 1. The van der Waals surface area contributed by atoms with Gasteiger partial charge in [-0.1, -0.05) is 19.1 Å². The van der Waals surface area contributed by atoms with Crippen LogP contribution < -0.4 is 14.8 Å². The van der Waals surface area contributed by atoms with Gasteiger partial charge in [0.1, 0.15) is 6.54 Å². The molecule has 0 radical (unpaired) electrons. The van der Waals surface area contributed by atoms with Crippen molar-refractivity contribution in [3.8, 4) is 0 Å². The van der Waals surface area contributed by atoms with Crippen LogP contribution >= 0.6 is 0 Å². The first kappa shape index (κ1) is 15.2. The molecule has 5 nitrogen and oxygen atoms in total. The third-order valence-corrected chi connectivity index (χ3v) is 4.10. The average Bonchev–Trinajstić information content (AvgIpc) is 2.56. The van der Waals surface area contributed by atoms with Gasteiger partial charge in [-0.25, -0.2) is 0 Å². The lowest BCUT2D eigenvalue weighted by Crippen LogP contribution is -2.50. The Bertz CT molecular complexity index is 771. The second-order valence-corrected chi connectivity index (χ2v) is 5.71. The van der Waals surface area contributed by atoms with Crippen LogP contribution in [0, 0.1) is 6.92 Å². The molecule has 1 aliphatic rings. The maximum atomic E-state index is 12.8. The quantitative estimate of drug-likeness (QED) is 0.879. The van der Waals surface area contributed by atoms with Gasteiger partial charge in [0.15, 0.2) is 11.9 Å². The summed E-state index contributed by atoms with van der Waals surface area (Å²) in [5, 5.41) is 2.80. The summed E-state index contributed by atoms with van der Waals surface area (Å²) < 4.78 is 1.94. The molecule has 3 rings (SSSR count). The van der Waals surface area contributed by atoms with E-state index in [-0.39, 0.29) is 24.9 Å². The van der Waals surface area contributed by atoms with Gasteiger partial charge in [-0.15, -0.1) is 0 Å². The van der Waals surface area contributed by atoms with Crippen molar-refractivity contribution in [3.05, 3.63) is 53.9 Å². The van der Waals surface area contributed by atoms with Crippen molar-refractivity contribution in [1.29, 1.82) is 0 Å². The molecule has 2 aromatic rings. The van der Waals surface area contributed by atoms with E-state index in [1.165, 1.54) is 5.56 Å². The summed E-state index contributed by atoms with van der Waals surface area (Å²) in [5.74, 6) is -0.255. The Kier molecular flexibility index (Phi) is 4.10. The number of carbonyl (C=O) groups excluding carboxylic acids is 2. The van der Waals surface area contributed by atoms with Gasteiger partial charge in [-0.2, -0.15) is 4.57 Å². The van der Waals surface area contributed by atoms with Gasteiger partial charge in [0.05, 0.1) is 11.4 Å². The third-order valence-electron chi connectivity index (χ3n) is 4.10. The summed E-state index contributed by atoms with van der Waals surface area (Å²) in [6.07, 6.45) is 2.92. The molecule has 1 aliphatic heterocycles. The van der Waals surface area contributed by atoms with Gasteiger partial charge in [0.2, 0.25) is 12.5 Å². The van der Waals surface area contributed by atoms with Crippen LogP contribution in [-0.2, 0) is 22.6 Å². The van der Waals surface area contributed by atoms with Crippen molar-refractivity contribution in [2.45, 2.75) is 26.8 Å². The van der Waals surface area contributed by atoms with E-state index >= 15 is 0 Å². The zero-order valence-corrected chi connectivity index (χ0v) is 13.4. The molecule has 0 atom stereocenters. The first-order chi connectivity index (χ1) is 11.1. The Morgan fingerprint density at radius 3 is 2.83 bits per heavy atom. The normalized spacial score (nSPS) is 13.5. The van der Waals surface area contributed by atoms with Gasteiger partial charge in [0.25, 0.3) is 5.91 Å². The largest absolute Gasteiger partial charge is 0.323 e. The van der Waals surface area contributed by atoms with E-state index in [0.29, 0.717) is 5.69 Å². The second-order valence-electron chi connectivity index (χ2n) is 5.71. The number of aromatic nitrogens is 1. The fourth-order valence-electron chi connectivity index (χ4n) is 2.73.